The van der Waals surface area contributed by atoms with Gasteiger partial charge in [-0.3, -0.25) is 9.69 Å². The fourth-order valence-electron chi connectivity index (χ4n) is 2.49. The Morgan fingerprint density at radius 2 is 2.10 bits per heavy atom. The van der Waals surface area contributed by atoms with Crippen LogP contribution >= 0.6 is 0 Å². The molecule has 6 nitrogen and oxygen atoms in total. The predicted octanol–water partition coefficient (Wildman–Crippen LogP) is 0.0571. The summed E-state index contributed by atoms with van der Waals surface area (Å²) in [6.45, 7) is 6.62. The van der Waals surface area contributed by atoms with Crippen molar-refractivity contribution >= 4 is 11.7 Å². The molecule has 0 aliphatic carbocycles. The van der Waals surface area contributed by atoms with Gasteiger partial charge in [0.15, 0.2) is 0 Å². The number of likely N-dealkylation sites (N-methyl/N-ethyl adjacent to an activating group) is 1. The number of hydrogen-bond acceptors (Lipinski definition) is 5. The standard InChI is InChI=1S/C15H25N5O/c1-15(17-2,14(16)21)6-8-19-9-11-20(12-10-19)13-5-3-4-7-18-13/h3-5,7,17H,6,8-12H2,1-2H3,(H2,16,21). The Balaban J connectivity index is 1.81. The molecule has 1 aliphatic rings. The highest BCUT2D eigenvalue weighted by Crippen LogP contribution is 2.14. The van der Waals surface area contributed by atoms with E-state index < -0.39 is 5.54 Å². The lowest BCUT2D eigenvalue weighted by atomic mass is 9.97. The molecule has 116 valence electrons. The number of hydrogen-bond donors (Lipinski definition) is 2. The van der Waals surface area contributed by atoms with Crippen LogP contribution in [0.2, 0.25) is 0 Å². The smallest absolute Gasteiger partial charge is 0.237 e. The van der Waals surface area contributed by atoms with Crippen molar-refractivity contribution in [3.8, 4) is 0 Å². The number of nitrogens with one attached hydrogen (secondary N) is 1. The Labute approximate surface area is 126 Å². The van der Waals surface area contributed by atoms with Crippen LogP contribution in [0.4, 0.5) is 5.82 Å². The number of piperazine rings is 1. The highest BCUT2D eigenvalue weighted by molar-refractivity contribution is 5.84. The molecule has 1 aromatic rings. The first kappa shape index (κ1) is 15.7. The average molecular weight is 291 g/mol. The van der Waals surface area contributed by atoms with E-state index in [1.807, 2.05) is 31.3 Å². The number of aromatic nitrogens is 1. The van der Waals surface area contributed by atoms with Crippen LogP contribution in [0.5, 0.6) is 0 Å². The highest BCUT2D eigenvalue weighted by atomic mass is 16.1. The summed E-state index contributed by atoms with van der Waals surface area (Å²) in [5.74, 6) is 0.742. The lowest BCUT2D eigenvalue weighted by molar-refractivity contribution is -0.124. The summed E-state index contributed by atoms with van der Waals surface area (Å²) in [5.41, 5.74) is 4.83. The lowest BCUT2D eigenvalue weighted by Gasteiger charge is -2.37. The largest absolute Gasteiger partial charge is 0.368 e. The number of rotatable bonds is 6. The minimum Gasteiger partial charge on any atom is -0.368 e. The molecule has 0 spiro atoms. The van der Waals surface area contributed by atoms with Crippen LogP contribution < -0.4 is 16.0 Å². The number of pyridine rings is 1. The van der Waals surface area contributed by atoms with Crippen LogP contribution in [0.15, 0.2) is 24.4 Å². The minimum absolute atomic E-state index is 0.294. The zero-order valence-corrected chi connectivity index (χ0v) is 12.9. The molecule has 2 rings (SSSR count). The molecule has 0 radical (unpaired) electrons. The molecular weight excluding hydrogens is 266 g/mol. The molecule has 21 heavy (non-hydrogen) atoms. The molecule has 0 bridgehead atoms. The summed E-state index contributed by atoms with van der Waals surface area (Å²) in [4.78, 5) is 20.5. The lowest BCUT2D eigenvalue weighted by Crippen LogP contribution is -2.54. The van der Waals surface area contributed by atoms with E-state index in [9.17, 15) is 4.79 Å². The number of carbonyl (C=O) groups excluding carboxylic acids is 1. The summed E-state index contributed by atoms with van der Waals surface area (Å²) < 4.78 is 0. The first-order chi connectivity index (χ1) is 10.0. The second-order valence-corrected chi connectivity index (χ2v) is 5.71. The third kappa shape index (κ3) is 3.92. The third-order valence-electron chi connectivity index (χ3n) is 4.37. The summed E-state index contributed by atoms with van der Waals surface area (Å²) in [6.07, 6.45) is 2.55. The minimum atomic E-state index is -0.627. The van der Waals surface area contributed by atoms with Gasteiger partial charge in [-0.15, -0.1) is 0 Å². The summed E-state index contributed by atoms with van der Waals surface area (Å²) >= 11 is 0. The topological polar surface area (TPSA) is 74.5 Å². The molecule has 0 saturated carbocycles. The van der Waals surface area contributed by atoms with Crippen molar-refractivity contribution < 1.29 is 4.79 Å². The summed E-state index contributed by atoms with van der Waals surface area (Å²) in [7, 11) is 1.78. The van der Waals surface area contributed by atoms with Gasteiger partial charge in [0.05, 0.1) is 5.54 Å². The SMILES string of the molecule is CNC(C)(CCN1CCN(c2ccccn2)CC1)C(N)=O. The maximum atomic E-state index is 11.5. The third-order valence-corrected chi connectivity index (χ3v) is 4.37. The molecule has 0 aromatic carbocycles. The second-order valence-electron chi connectivity index (χ2n) is 5.71. The van der Waals surface area contributed by atoms with Crippen LogP contribution in [0.25, 0.3) is 0 Å². The first-order valence-corrected chi connectivity index (χ1v) is 7.42. The molecule has 3 N–H and O–H groups in total. The molecule has 6 heteroatoms. The van der Waals surface area contributed by atoms with Crippen molar-refractivity contribution in [3.05, 3.63) is 24.4 Å². The molecule has 1 amide bonds. The molecule has 1 saturated heterocycles. The first-order valence-electron chi connectivity index (χ1n) is 7.42. The molecule has 1 aromatic heterocycles. The van der Waals surface area contributed by atoms with Crippen LogP contribution in [0.1, 0.15) is 13.3 Å². The van der Waals surface area contributed by atoms with Crippen LogP contribution in [-0.2, 0) is 4.79 Å². The molecule has 1 aliphatic heterocycles. The average Bonchev–Trinajstić information content (AvgIpc) is 2.53. The molecule has 2 heterocycles. The van der Waals surface area contributed by atoms with Gasteiger partial charge in [0.1, 0.15) is 5.82 Å². The maximum absolute atomic E-state index is 11.5. The Hall–Kier alpha value is -1.66. The van der Waals surface area contributed by atoms with E-state index >= 15 is 0 Å². The number of nitrogens with zero attached hydrogens (tertiary/aromatic N) is 3. The molecule has 1 fully saturated rings. The zero-order valence-electron chi connectivity index (χ0n) is 12.9. The van der Waals surface area contributed by atoms with Gasteiger partial charge >= 0.3 is 0 Å². The van der Waals surface area contributed by atoms with E-state index in [2.05, 4.69) is 20.1 Å². The Morgan fingerprint density at radius 3 is 2.62 bits per heavy atom. The monoisotopic (exact) mass is 291 g/mol. The van der Waals surface area contributed by atoms with Crippen molar-refractivity contribution in [2.24, 2.45) is 5.73 Å². The summed E-state index contributed by atoms with van der Waals surface area (Å²) in [6, 6.07) is 5.99. The fraction of sp³-hybridized carbons (Fsp3) is 0.600. The van der Waals surface area contributed by atoms with Gasteiger partial charge in [-0.25, -0.2) is 4.98 Å². The van der Waals surface area contributed by atoms with E-state index in [0.29, 0.717) is 0 Å². The van der Waals surface area contributed by atoms with Gasteiger partial charge in [0.2, 0.25) is 5.91 Å². The van der Waals surface area contributed by atoms with Crippen LogP contribution in [-0.4, -0.2) is 61.1 Å². The molecule has 1 unspecified atom stereocenters. The number of nitrogens with two attached hydrogens (primary N) is 1. The quantitative estimate of drug-likeness (QED) is 0.775. The zero-order chi connectivity index (χ0) is 15.3. The van der Waals surface area contributed by atoms with Crippen molar-refractivity contribution in [1.82, 2.24) is 15.2 Å². The van der Waals surface area contributed by atoms with Gasteiger partial charge < -0.3 is 16.0 Å². The second kappa shape index (κ2) is 6.87. The van der Waals surface area contributed by atoms with E-state index in [-0.39, 0.29) is 5.91 Å². The van der Waals surface area contributed by atoms with Crippen molar-refractivity contribution in [1.29, 1.82) is 0 Å². The summed E-state index contributed by atoms with van der Waals surface area (Å²) in [5, 5.41) is 3.03. The maximum Gasteiger partial charge on any atom is 0.237 e. The highest BCUT2D eigenvalue weighted by Gasteiger charge is 2.29. The molecule has 1 atom stereocenters. The van der Waals surface area contributed by atoms with Crippen LogP contribution in [0.3, 0.4) is 0 Å². The van der Waals surface area contributed by atoms with E-state index in [0.717, 1.165) is 45.0 Å². The predicted molar refractivity (Wildman–Crippen MR) is 84.2 cm³/mol. The van der Waals surface area contributed by atoms with E-state index in [1.165, 1.54) is 0 Å². The van der Waals surface area contributed by atoms with Gasteiger partial charge in [-0.05, 0) is 32.5 Å². The van der Waals surface area contributed by atoms with Gasteiger partial charge in [-0.2, -0.15) is 0 Å². The number of anilines is 1. The van der Waals surface area contributed by atoms with Crippen molar-refractivity contribution in [3.63, 3.8) is 0 Å². The van der Waals surface area contributed by atoms with Gasteiger partial charge in [-0.1, -0.05) is 6.07 Å². The number of carbonyl (C=O) groups is 1. The van der Waals surface area contributed by atoms with E-state index in [1.54, 1.807) is 7.05 Å². The Morgan fingerprint density at radius 1 is 1.38 bits per heavy atom. The van der Waals surface area contributed by atoms with Gasteiger partial charge in [0, 0.05) is 38.9 Å². The Kier molecular flexibility index (Phi) is 5.14. The fourth-order valence-corrected chi connectivity index (χ4v) is 2.49. The number of primary amides is 1. The normalized spacial score (nSPS) is 19.2. The van der Waals surface area contributed by atoms with Crippen molar-refractivity contribution in [2.75, 3.05) is 44.7 Å². The van der Waals surface area contributed by atoms with Crippen molar-refractivity contribution in [2.45, 2.75) is 18.9 Å². The van der Waals surface area contributed by atoms with E-state index in [4.69, 9.17) is 5.73 Å². The van der Waals surface area contributed by atoms with Gasteiger partial charge in [0.25, 0.3) is 0 Å². The van der Waals surface area contributed by atoms with Crippen LogP contribution in [0, 0.1) is 0 Å². The molecular formula is C15H25N5O. The Bertz CT molecular complexity index is 458. The number of amides is 1.